The minimum absolute atomic E-state index is 0.0171. The highest BCUT2D eigenvalue weighted by Crippen LogP contribution is 2.56. The summed E-state index contributed by atoms with van der Waals surface area (Å²) < 4.78 is 16.9. The predicted molar refractivity (Wildman–Crippen MR) is 123 cm³/mol. The van der Waals surface area contributed by atoms with Crippen LogP contribution in [0.1, 0.15) is 44.6 Å². The molecule has 1 aromatic heterocycles. The molecule has 172 valence electrons. The first kappa shape index (κ1) is 21.8. The zero-order chi connectivity index (χ0) is 22.3. The van der Waals surface area contributed by atoms with Gasteiger partial charge in [0.15, 0.2) is 0 Å². The Hall–Kier alpha value is -1.99. The molecular formula is C23H31N4O4P. The van der Waals surface area contributed by atoms with Gasteiger partial charge in [-0.3, -0.25) is 4.57 Å². The van der Waals surface area contributed by atoms with Crippen molar-refractivity contribution < 1.29 is 19.1 Å². The molecule has 3 atom stereocenters. The molecule has 3 unspecified atom stereocenters. The maximum absolute atomic E-state index is 11.9. The van der Waals surface area contributed by atoms with E-state index in [0.29, 0.717) is 29.7 Å². The first-order valence-corrected chi connectivity index (χ1v) is 13.2. The van der Waals surface area contributed by atoms with Crippen LogP contribution in [0.3, 0.4) is 0 Å². The molecule has 6 rings (SSSR count). The topological polar surface area (TPSA) is 117 Å². The number of hydrogen-bond acceptors (Lipinski definition) is 7. The molecule has 0 radical (unpaired) electrons. The van der Waals surface area contributed by atoms with Gasteiger partial charge < -0.3 is 25.2 Å². The van der Waals surface area contributed by atoms with Crippen molar-refractivity contribution in [1.82, 2.24) is 9.97 Å². The molecule has 4 fully saturated rings. The third-order valence-corrected chi connectivity index (χ3v) is 8.56. The van der Waals surface area contributed by atoms with E-state index < -0.39 is 13.2 Å². The van der Waals surface area contributed by atoms with Gasteiger partial charge in [0.1, 0.15) is 5.82 Å². The maximum Gasteiger partial charge on any atom is 0.332 e. The van der Waals surface area contributed by atoms with Crippen LogP contribution in [0.2, 0.25) is 0 Å². The standard InChI is InChI=1S/C23H31N4O4P/c1-2-31-32(29,30)14-15-3-5-19(6-4-15)25-22-24-8-7-20(27-22)26-21-17-9-16-10-18(21)13-23(28,11-16)12-17/h3-8,16-18,21,28H,2,9-14H2,1H3,(H,29,30)(H2,24,25,26,27)/t16?,17?,18?,21-,23-. The molecule has 4 bridgehead atoms. The summed E-state index contributed by atoms with van der Waals surface area (Å²) in [4.78, 5) is 18.8. The summed E-state index contributed by atoms with van der Waals surface area (Å²) in [6.45, 7) is 1.91. The number of aromatic nitrogens is 2. The van der Waals surface area contributed by atoms with E-state index in [-0.39, 0.29) is 12.8 Å². The van der Waals surface area contributed by atoms with Crippen LogP contribution in [0.4, 0.5) is 17.5 Å². The normalized spacial score (nSPS) is 32.5. The summed E-state index contributed by atoms with van der Waals surface area (Å²) in [6, 6.07) is 9.51. The number of benzene rings is 1. The van der Waals surface area contributed by atoms with Crippen LogP contribution >= 0.6 is 7.60 Å². The third-order valence-electron chi connectivity index (χ3n) is 7.13. The minimum atomic E-state index is -3.60. The highest BCUT2D eigenvalue weighted by atomic mass is 31.2. The van der Waals surface area contributed by atoms with Gasteiger partial charge in [-0.2, -0.15) is 4.98 Å². The summed E-state index contributed by atoms with van der Waals surface area (Å²) in [7, 11) is -3.60. The fourth-order valence-electron chi connectivity index (χ4n) is 6.19. The Bertz CT molecular complexity index is 1000. The van der Waals surface area contributed by atoms with Gasteiger partial charge in [-0.05, 0) is 80.5 Å². The van der Waals surface area contributed by atoms with E-state index in [1.807, 2.05) is 18.2 Å². The van der Waals surface area contributed by atoms with Gasteiger partial charge in [0.05, 0.1) is 18.4 Å². The van der Waals surface area contributed by atoms with E-state index >= 15 is 0 Å². The van der Waals surface area contributed by atoms with Gasteiger partial charge in [0.2, 0.25) is 5.95 Å². The number of aliphatic hydroxyl groups is 1. The van der Waals surface area contributed by atoms with Gasteiger partial charge in [0, 0.05) is 17.9 Å². The lowest BCUT2D eigenvalue weighted by molar-refractivity contribution is -0.129. The van der Waals surface area contributed by atoms with Crippen LogP contribution in [0.15, 0.2) is 36.5 Å². The van der Waals surface area contributed by atoms with Gasteiger partial charge >= 0.3 is 7.60 Å². The quantitative estimate of drug-likeness (QED) is 0.433. The lowest BCUT2D eigenvalue weighted by atomic mass is 9.52. The Morgan fingerprint density at radius 1 is 1.16 bits per heavy atom. The van der Waals surface area contributed by atoms with Crippen LogP contribution < -0.4 is 10.6 Å². The Labute approximate surface area is 188 Å². The molecule has 1 aromatic carbocycles. The second kappa shape index (κ2) is 8.41. The number of nitrogens with zero attached hydrogens (tertiary/aromatic N) is 2. The third kappa shape index (κ3) is 4.69. The number of nitrogens with one attached hydrogen (secondary N) is 2. The van der Waals surface area contributed by atoms with Crippen LogP contribution in [0, 0.1) is 17.8 Å². The molecule has 4 N–H and O–H groups in total. The molecule has 4 saturated carbocycles. The van der Waals surface area contributed by atoms with E-state index in [0.717, 1.165) is 36.3 Å². The Morgan fingerprint density at radius 3 is 2.53 bits per heavy atom. The number of rotatable bonds is 8. The molecule has 0 amide bonds. The molecule has 32 heavy (non-hydrogen) atoms. The second-order valence-electron chi connectivity index (χ2n) is 9.67. The van der Waals surface area contributed by atoms with Crippen molar-refractivity contribution in [1.29, 1.82) is 0 Å². The maximum atomic E-state index is 11.9. The zero-order valence-electron chi connectivity index (χ0n) is 18.3. The van der Waals surface area contributed by atoms with Crippen LogP contribution in [0.5, 0.6) is 0 Å². The summed E-state index contributed by atoms with van der Waals surface area (Å²) in [6.07, 6.45) is 6.88. The summed E-state index contributed by atoms with van der Waals surface area (Å²) in [5, 5.41) is 17.6. The molecule has 0 aliphatic heterocycles. The minimum Gasteiger partial charge on any atom is -0.390 e. The lowest BCUT2D eigenvalue weighted by Crippen LogP contribution is -2.59. The van der Waals surface area contributed by atoms with Crippen LogP contribution in [-0.4, -0.2) is 38.2 Å². The first-order chi connectivity index (χ1) is 15.3. The van der Waals surface area contributed by atoms with Crippen molar-refractivity contribution in [3.63, 3.8) is 0 Å². The average molecular weight is 458 g/mol. The Kier molecular flexibility index (Phi) is 5.74. The highest BCUT2D eigenvalue weighted by molar-refractivity contribution is 7.51. The smallest absolute Gasteiger partial charge is 0.332 e. The molecular weight excluding hydrogens is 427 g/mol. The molecule has 1 heterocycles. The van der Waals surface area contributed by atoms with E-state index in [4.69, 9.17) is 4.52 Å². The molecule has 0 saturated heterocycles. The fourth-order valence-corrected chi connectivity index (χ4v) is 7.35. The van der Waals surface area contributed by atoms with E-state index in [9.17, 15) is 14.6 Å². The largest absolute Gasteiger partial charge is 0.390 e. The van der Waals surface area contributed by atoms with E-state index in [1.165, 1.54) is 12.8 Å². The average Bonchev–Trinajstić information content (AvgIpc) is 2.71. The molecule has 0 spiro atoms. The monoisotopic (exact) mass is 458 g/mol. The highest BCUT2D eigenvalue weighted by Gasteiger charge is 2.54. The lowest BCUT2D eigenvalue weighted by Gasteiger charge is -2.58. The second-order valence-corrected chi connectivity index (χ2v) is 11.5. The van der Waals surface area contributed by atoms with Crippen molar-refractivity contribution in [2.75, 3.05) is 17.2 Å². The first-order valence-electron chi connectivity index (χ1n) is 11.5. The van der Waals surface area contributed by atoms with Gasteiger partial charge in [-0.25, -0.2) is 4.98 Å². The van der Waals surface area contributed by atoms with Gasteiger partial charge in [-0.1, -0.05) is 12.1 Å². The Balaban J connectivity index is 1.23. The molecule has 2 aromatic rings. The zero-order valence-corrected chi connectivity index (χ0v) is 19.2. The van der Waals surface area contributed by atoms with Crippen LogP contribution in [0.25, 0.3) is 0 Å². The fraction of sp³-hybridized carbons (Fsp3) is 0.565. The van der Waals surface area contributed by atoms with Crippen molar-refractivity contribution in [3.05, 3.63) is 42.1 Å². The van der Waals surface area contributed by atoms with Crippen molar-refractivity contribution in [2.24, 2.45) is 17.8 Å². The predicted octanol–water partition coefficient (Wildman–Crippen LogP) is 4.29. The summed E-state index contributed by atoms with van der Waals surface area (Å²) in [5.41, 5.74) is 1.09. The van der Waals surface area contributed by atoms with Crippen molar-refractivity contribution in [3.8, 4) is 0 Å². The molecule has 9 heteroatoms. The summed E-state index contributed by atoms with van der Waals surface area (Å²) in [5.74, 6) is 2.97. The van der Waals surface area contributed by atoms with E-state index in [2.05, 4.69) is 20.6 Å². The number of anilines is 3. The van der Waals surface area contributed by atoms with Crippen molar-refractivity contribution >= 4 is 25.0 Å². The molecule has 4 aliphatic rings. The van der Waals surface area contributed by atoms with Gasteiger partial charge in [0.25, 0.3) is 0 Å². The van der Waals surface area contributed by atoms with Gasteiger partial charge in [-0.15, -0.1) is 0 Å². The Morgan fingerprint density at radius 2 is 1.88 bits per heavy atom. The molecule has 8 nitrogen and oxygen atoms in total. The SMILES string of the molecule is CCOP(=O)(O)Cc1ccc(Nc2nccc(N[C@H]3C4CC5CC3C[C@](O)(C5)C4)n2)cc1. The molecule has 4 aliphatic carbocycles. The van der Waals surface area contributed by atoms with E-state index in [1.54, 1.807) is 25.3 Å². The van der Waals surface area contributed by atoms with Crippen LogP contribution in [-0.2, 0) is 15.3 Å². The van der Waals surface area contributed by atoms with Crippen molar-refractivity contribution in [2.45, 2.75) is 56.8 Å². The number of hydrogen-bond donors (Lipinski definition) is 4. The summed E-state index contributed by atoms with van der Waals surface area (Å²) >= 11 is 0.